The van der Waals surface area contributed by atoms with Gasteiger partial charge in [0.25, 0.3) is 5.91 Å². The summed E-state index contributed by atoms with van der Waals surface area (Å²) in [5.74, 6) is -0.550. The number of guanidine groups is 1. The molecular formula is C13H18N4O. The van der Waals surface area contributed by atoms with E-state index in [1.165, 1.54) is 24.8 Å². The number of amides is 1. The van der Waals surface area contributed by atoms with Gasteiger partial charge in [-0.05, 0) is 37.3 Å². The average molecular weight is 246 g/mol. The zero-order valence-electron chi connectivity index (χ0n) is 10.4. The third kappa shape index (κ3) is 3.29. The molecular weight excluding hydrogens is 228 g/mol. The van der Waals surface area contributed by atoms with Crippen LogP contribution in [0.15, 0.2) is 17.1 Å². The van der Waals surface area contributed by atoms with Crippen LogP contribution in [0.1, 0.15) is 36.2 Å². The fourth-order valence-corrected chi connectivity index (χ4v) is 2.24. The Labute approximate surface area is 106 Å². The average Bonchev–Trinajstić information content (AvgIpc) is 2.52. The Morgan fingerprint density at radius 2 is 2.00 bits per heavy atom. The van der Waals surface area contributed by atoms with E-state index in [-0.39, 0.29) is 18.3 Å². The van der Waals surface area contributed by atoms with E-state index in [0.29, 0.717) is 0 Å². The predicted octanol–water partition coefficient (Wildman–Crippen LogP) is 0.693. The van der Waals surface area contributed by atoms with Crippen LogP contribution in [0.4, 0.5) is 0 Å². The van der Waals surface area contributed by atoms with Gasteiger partial charge in [-0.3, -0.25) is 9.78 Å². The molecule has 1 amide bonds. The van der Waals surface area contributed by atoms with Crippen LogP contribution in [0.3, 0.4) is 0 Å². The van der Waals surface area contributed by atoms with Crippen LogP contribution >= 0.6 is 0 Å². The lowest BCUT2D eigenvalue weighted by Gasteiger charge is -2.06. The molecule has 0 saturated carbocycles. The molecule has 0 unspecified atom stereocenters. The lowest BCUT2D eigenvalue weighted by Crippen LogP contribution is -2.24. The van der Waals surface area contributed by atoms with Crippen LogP contribution in [0, 0.1) is 0 Å². The molecule has 0 aromatic carbocycles. The molecule has 1 aromatic heterocycles. The van der Waals surface area contributed by atoms with E-state index in [1.54, 1.807) is 0 Å². The summed E-state index contributed by atoms with van der Waals surface area (Å²) in [5.41, 5.74) is 13.5. The number of carbonyl (C=O) groups is 1. The van der Waals surface area contributed by atoms with Crippen molar-refractivity contribution in [2.75, 3.05) is 0 Å². The summed E-state index contributed by atoms with van der Waals surface area (Å²) in [5, 5.41) is 0. The van der Waals surface area contributed by atoms with Crippen molar-refractivity contribution in [1.82, 2.24) is 4.98 Å². The number of fused-ring (bicyclic) bond motifs is 1. The lowest BCUT2D eigenvalue weighted by atomic mass is 10.1. The highest BCUT2D eigenvalue weighted by molar-refractivity contribution is 5.92. The maximum absolute atomic E-state index is 11.5. The third-order valence-corrected chi connectivity index (χ3v) is 3.07. The monoisotopic (exact) mass is 246 g/mol. The smallest absolute Gasteiger partial charge is 0.254 e. The Morgan fingerprint density at radius 1 is 1.22 bits per heavy atom. The van der Waals surface area contributed by atoms with E-state index in [1.807, 2.05) is 6.07 Å². The van der Waals surface area contributed by atoms with Crippen molar-refractivity contribution in [2.24, 2.45) is 16.5 Å². The van der Waals surface area contributed by atoms with E-state index >= 15 is 0 Å². The van der Waals surface area contributed by atoms with Gasteiger partial charge in [0.1, 0.15) is 0 Å². The first-order chi connectivity index (χ1) is 8.65. The summed E-state index contributed by atoms with van der Waals surface area (Å²) < 4.78 is 0. The van der Waals surface area contributed by atoms with Gasteiger partial charge in [0, 0.05) is 5.69 Å². The summed E-state index contributed by atoms with van der Waals surface area (Å²) >= 11 is 0. The number of pyridine rings is 1. The summed E-state index contributed by atoms with van der Waals surface area (Å²) in [7, 11) is 0. The maximum atomic E-state index is 11.5. The van der Waals surface area contributed by atoms with Crippen molar-refractivity contribution >= 4 is 11.9 Å². The zero-order chi connectivity index (χ0) is 13.0. The number of carbonyl (C=O) groups excluding carboxylic acids is 1. The highest BCUT2D eigenvalue weighted by atomic mass is 16.1. The summed E-state index contributed by atoms with van der Waals surface area (Å²) in [4.78, 5) is 19.5. The Bertz CT molecular complexity index is 478. The molecule has 2 rings (SSSR count). The first-order valence-electron chi connectivity index (χ1n) is 6.25. The van der Waals surface area contributed by atoms with Crippen LogP contribution in [0.2, 0.25) is 0 Å². The standard InChI is InChI=1S/C13H18N4O/c14-13(15)17-12(18)8-10-7-6-9-4-2-1-3-5-11(9)16-10/h6-7H,1-5,8H2,(H4,14,15,17,18). The zero-order valence-corrected chi connectivity index (χ0v) is 10.4. The van der Waals surface area contributed by atoms with Crippen molar-refractivity contribution in [1.29, 1.82) is 0 Å². The van der Waals surface area contributed by atoms with Gasteiger partial charge in [-0.1, -0.05) is 12.5 Å². The minimum Gasteiger partial charge on any atom is -0.370 e. The molecule has 0 aliphatic heterocycles. The molecule has 0 bridgehead atoms. The number of aliphatic imine (C=N–C) groups is 1. The fraction of sp³-hybridized carbons (Fsp3) is 0.462. The van der Waals surface area contributed by atoms with Crippen molar-refractivity contribution in [3.63, 3.8) is 0 Å². The van der Waals surface area contributed by atoms with Crippen molar-refractivity contribution < 1.29 is 4.79 Å². The van der Waals surface area contributed by atoms with Gasteiger partial charge in [0.15, 0.2) is 5.96 Å². The van der Waals surface area contributed by atoms with Crippen LogP contribution in [-0.2, 0) is 24.1 Å². The first-order valence-corrected chi connectivity index (χ1v) is 6.25. The number of aromatic nitrogens is 1. The highest BCUT2D eigenvalue weighted by Crippen LogP contribution is 2.19. The maximum Gasteiger partial charge on any atom is 0.254 e. The summed E-state index contributed by atoms with van der Waals surface area (Å²) in [6, 6.07) is 3.97. The molecule has 0 radical (unpaired) electrons. The number of aryl methyl sites for hydroxylation is 2. The minimum atomic E-state index is -0.351. The van der Waals surface area contributed by atoms with E-state index < -0.39 is 0 Å². The van der Waals surface area contributed by atoms with Crippen molar-refractivity contribution in [3.8, 4) is 0 Å². The highest BCUT2D eigenvalue weighted by Gasteiger charge is 2.11. The normalized spacial score (nSPS) is 14.4. The second-order valence-corrected chi connectivity index (χ2v) is 4.58. The predicted molar refractivity (Wildman–Crippen MR) is 70.0 cm³/mol. The van der Waals surface area contributed by atoms with Crippen LogP contribution in [0.25, 0.3) is 0 Å². The van der Waals surface area contributed by atoms with Gasteiger partial charge >= 0.3 is 0 Å². The Kier molecular flexibility index (Phi) is 3.92. The van der Waals surface area contributed by atoms with Crippen molar-refractivity contribution in [3.05, 3.63) is 29.1 Å². The Morgan fingerprint density at radius 3 is 2.78 bits per heavy atom. The molecule has 1 aliphatic rings. The van der Waals surface area contributed by atoms with Gasteiger partial charge in [-0.2, -0.15) is 4.99 Å². The second kappa shape index (κ2) is 5.62. The van der Waals surface area contributed by atoms with Gasteiger partial charge in [0.2, 0.25) is 0 Å². The molecule has 96 valence electrons. The molecule has 0 atom stereocenters. The largest absolute Gasteiger partial charge is 0.370 e. The molecule has 0 saturated heterocycles. The molecule has 1 aliphatic carbocycles. The molecule has 1 heterocycles. The fourth-order valence-electron chi connectivity index (χ4n) is 2.24. The topological polar surface area (TPSA) is 94.4 Å². The molecule has 18 heavy (non-hydrogen) atoms. The Hall–Kier alpha value is -1.91. The molecule has 4 N–H and O–H groups in total. The van der Waals surface area contributed by atoms with E-state index in [9.17, 15) is 4.79 Å². The molecule has 1 aromatic rings. The van der Waals surface area contributed by atoms with Gasteiger partial charge in [0.05, 0.1) is 12.1 Å². The second-order valence-electron chi connectivity index (χ2n) is 4.58. The quantitative estimate of drug-likeness (QED) is 0.456. The SMILES string of the molecule is NC(N)=NC(=O)Cc1ccc2c(n1)CCCCC2. The number of rotatable bonds is 2. The van der Waals surface area contributed by atoms with Crippen LogP contribution < -0.4 is 11.5 Å². The van der Waals surface area contributed by atoms with Crippen molar-refractivity contribution in [2.45, 2.75) is 38.5 Å². The summed E-state index contributed by atoms with van der Waals surface area (Å²) in [6.45, 7) is 0. The van der Waals surface area contributed by atoms with Crippen LogP contribution in [0.5, 0.6) is 0 Å². The van der Waals surface area contributed by atoms with E-state index in [0.717, 1.165) is 24.2 Å². The molecule has 5 nitrogen and oxygen atoms in total. The number of hydrogen-bond donors (Lipinski definition) is 2. The van der Waals surface area contributed by atoms with E-state index in [2.05, 4.69) is 16.0 Å². The Balaban J connectivity index is 2.13. The lowest BCUT2D eigenvalue weighted by molar-refractivity contribution is -0.117. The number of nitrogens with two attached hydrogens (primary N) is 2. The van der Waals surface area contributed by atoms with Gasteiger partial charge in [-0.15, -0.1) is 0 Å². The molecule has 5 heteroatoms. The number of nitrogens with zero attached hydrogens (tertiary/aromatic N) is 2. The minimum absolute atomic E-state index is 0.158. The van der Waals surface area contributed by atoms with Crippen LogP contribution in [-0.4, -0.2) is 16.9 Å². The van der Waals surface area contributed by atoms with Gasteiger partial charge < -0.3 is 11.5 Å². The van der Waals surface area contributed by atoms with Gasteiger partial charge in [-0.25, -0.2) is 0 Å². The number of hydrogen-bond acceptors (Lipinski definition) is 2. The third-order valence-electron chi connectivity index (χ3n) is 3.07. The summed E-state index contributed by atoms with van der Waals surface area (Å²) in [6.07, 6.45) is 5.89. The van der Waals surface area contributed by atoms with E-state index in [4.69, 9.17) is 11.5 Å². The molecule has 0 fully saturated rings. The molecule has 0 spiro atoms. The first kappa shape index (κ1) is 12.5.